The van der Waals surface area contributed by atoms with Gasteiger partial charge in [0.05, 0.1) is 5.92 Å². The molecule has 1 aromatic carbocycles. The molecule has 0 amide bonds. The van der Waals surface area contributed by atoms with E-state index in [2.05, 4.69) is 38.1 Å². The van der Waals surface area contributed by atoms with E-state index in [1.165, 1.54) is 5.56 Å². The fraction of sp³-hybridized carbons (Fsp3) is 0.562. The van der Waals surface area contributed by atoms with E-state index in [1.807, 2.05) is 13.8 Å². The second kappa shape index (κ2) is 6.58. The van der Waals surface area contributed by atoms with Crippen molar-refractivity contribution in [3.8, 4) is 0 Å². The van der Waals surface area contributed by atoms with Crippen LogP contribution in [-0.4, -0.2) is 11.1 Å². The lowest BCUT2D eigenvalue weighted by molar-refractivity contribution is -0.143. The number of aliphatic carboxylic acids is 1. The number of rotatable bonds is 6. The summed E-state index contributed by atoms with van der Waals surface area (Å²) >= 11 is 0. The Morgan fingerprint density at radius 1 is 1.00 bits per heavy atom. The fourth-order valence-electron chi connectivity index (χ4n) is 2.14. The van der Waals surface area contributed by atoms with Gasteiger partial charge in [-0.3, -0.25) is 4.79 Å². The maximum absolute atomic E-state index is 11.2. The van der Waals surface area contributed by atoms with Gasteiger partial charge in [-0.15, -0.1) is 0 Å². The first-order valence-electron chi connectivity index (χ1n) is 6.70. The predicted molar refractivity (Wildman–Crippen MR) is 74.7 cm³/mol. The van der Waals surface area contributed by atoms with Crippen LogP contribution in [0.4, 0.5) is 0 Å². The lowest BCUT2D eigenvalue weighted by Crippen LogP contribution is -2.22. The third-order valence-electron chi connectivity index (χ3n) is 3.24. The van der Waals surface area contributed by atoms with Crippen LogP contribution in [0.3, 0.4) is 0 Å². The molecule has 0 heterocycles. The van der Waals surface area contributed by atoms with E-state index >= 15 is 0 Å². The molecular weight excluding hydrogens is 224 g/mol. The van der Waals surface area contributed by atoms with Crippen LogP contribution in [0.5, 0.6) is 0 Å². The third kappa shape index (κ3) is 4.52. The zero-order valence-electron chi connectivity index (χ0n) is 11.8. The van der Waals surface area contributed by atoms with Crippen LogP contribution in [0.15, 0.2) is 24.3 Å². The third-order valence-corrected chi connectivity index (χ3v) is 3.24. The first-order chi connectivity index (χ1) is 8.40. The van der Waals surface area contributed by atoms with Crippen LogP contribution >= 0.6 is 0 Å². The van der Waals surface area contributed by atoms with Crippen molar-refractivity contribution in [2.45, 2.75) is 40.5 Å². The summed E-state index contributed by atoms with van der Waals surface area (Å²) in [5, 5.41) is 9.18. The van der Waals surface area contributed by atoms with Crippen LogP contribution in [0.25, 0.3) is 0 Å². The van der Waals surface area contributed by atoms with E-state index in [-0.39, 0.29) is 11.8 Å². The standard InChI is InChI=1S/C16H24O2/c1-11(2)9-13-5-7-14(8-6-13)10-15(12(3)4)16(17)18/h5-8,11-12,15H,9-10H2,1-4H3,(H,17,18). The summed E-state index contributed by atoms with van der Waals surface area (Å²) in [6.07, 6.45) is 1.70. The van der Waals surface area contributed by atoms with E-state index < -0.39 is 5.97 Å². The van der Waals surface area contributed by atoms with Crippen molar-refractivity contribution < 1.29 is 9.90 Å². The second-order valence-corrected chi connectivity index (χ2v) is 5.81. The highest BCUT2D eigenvalue weighted by molar-refractivity contribution is 5.70. The van der Waals surface area contributed by atoms with Crippen LogP contribution < -0.4 is 0 Å². The minimum absolute atomic E-state index is 0.165. The maximum atomic E-state index is 11.2. The van der Waals surface area contributed by atoms with Gasteiger partial charge in [-0.05, 0) is 35.8 Å². The molecule has 1 N–H and O–H groups in total. The minimum Gasteiger partial charge on any atom is -0.481 e. The summed E-state index contributed by atoms with van der Waals surface area (Å²) in [5.41, 5.74) is 2.44. The molecule has 2 heteroatoms. The summed E-state index contributed by atoms with van der Waals surface area (Å²) in [6.45, 7) is 8.33. The van der Waals surface area contributed by atoms with Crippen molar-refractivity contribution in [3.63, 3.8) is 0 Å². The van der Waals surface area contributed by atoms with Crippen LogP contribution in [0, 0.1) is 17.8 Å². The van der Waals surface area contributed by atoms with Gasteiger partial charge in [-0.1, -0.05) is 52.0 Å². The SMILES string of the molecule is CC(C)Cc1ccc(CC(C(=O)O)C(C)C)cc1. The molecule has 1 rings (SSSR count). The Morgan fingerprint density at radius 3 is 1.78 bits per heavy atom. The molecule has 0 bridgehead atoms. The number of carboxylic acid groups (broad SMARTS) is 1. The van der Waals surface area contributed by atoms with Gasteiger partial charge in [0.2, 0.25) is 0 Å². The topological polar surface area (TPSA) is 37.3 Å². The molecule has 0 aromatic heterocycles. The lowest BCUT2D eigenvalue weighted by Gasteiger charge is -2.16. The minimum atomic E-state index is -0.698. The molecule has 0 fully saturated rings. The average molecular weight is 248 g/mol. The van der Waals surface area contributed by atoms with Crippen molar-refractivity contribution in [3.05, 3.63) is 35.4 Å². The van der Waals surface area contributed by atoms with E-state index in [1.54, 1.807) is 0 Å². The number of benzene rings is 1. The van der Waals surface area contributed by atoms with Crippen molar-refractivity contribution >= 4 is 5.97 Å². The summed E-state index contributed by atoms with van der Waals surface area (Å²) in [7, 11) is 0. The molecule has 1 atom stereocenters. The molecule has 18 heavy (non-hydrogen) atoms. The first-order valence-corrected chi connectivity index (χ1v) is 6.70. The maximum Gasteiger partial charge on any atom is 0.307 e. The molecule has 1 unspecified atom stereocenters. The van der Waals surface area contributed by atoms with Crippen LogP contribution in [0.1, 0.15) is 38.8 Å². The monoisotopic (exact) mass is 248 g/mol. The quantitative estimate of drug-likeness (QED) is 0.831. The summed E-state index contributed by atoms with van der Waals surface area (Å²) in [4.78, 5) is 11.2. The molecule has 0 saturated carbocycles. The number of hydrogen-bond donors (Lipinski definition) is 1. The van der Waals surface area contributed by atoms with E-state index in [9.17, 15) is 9.90 Å². The Kier molecular flexibility index (Phi) is 5.39. The Morgan fingerprint density at radius 2 is 1.44 bits per heavy atom. The summed E-state index contributed by atoms with van der Waals surface area (Å²) in [5.74, 6) is -0.173. The van der Waals surface area contributed by atoms with Crippen molar-refractivity contribution in [2.24, 2.45) is 17.8 Å². The van der Waals surface area contributed by atoms with Gasteiger partial charge >= 0.3 is 5.97 Å². The lowest BCUT2D eigenvalue weighted by atomic mass is 9.89. The number of hydrogen-bond acceptors (Lipinski definition) is 1. The molecule has 1 aromatic rings. The molecule has 0 spiro atoms. The summed E-state index contributed by atoms with van der Waals surface area (Å²) < 4.78 is 0. The number of carbonyl (C=O) groups is 1. The Bertz CT molecular complexity index is 377. The molecule has 0 aliphatic carbocycles. The fourth-order valence-corrected chi connectivity index (χ4v) is 2.14. The molecule has 0 saturated heterocycles. The summed E-state index contributed by atoms with van der Waals surface area (Å²) in [6, 6.07) is 8.37. The van der Waals surface area contributed by atoms with Gasteiger partial charge in [0.1, 0.15) is 0 Å². The van der Waals surface area contributed by atoms with E-state index in [4.69, 9.17) is 0 Å². The Balaban J connectivity index is 2.70. The van der Waals surface area contributed by atoms with Gasteiger partial charge in [0, 0.05) is 0 Å². The Hall–Kier alpha value is -1.31. The normalized spacial score (nSPS) is 13.0. The molecule has 100 valence electrons. The highest BCUT2D eigenvalue weighted by atomic mass is 16.4. The second-order valence-electron chi connectivity index (χ2n) is 5.81. The smallest absolute Gasteiger partial charge is 0.307 e. The van der Waals surface area contributed by atoms with Gasteiger partial charge in [0.15, 0.2) is 0 Å². The highest BCUT2D eigenvalue weighted by Gasteiger charge is 2.21. The predicted octanol–water partition coefficient (Wildman–Crippen LogP) is 3.78. The average Bonchev–Trinajstić information content (AvgIpc) is 2.26. The zero-order chi connectivity index (χ0) is 13.7. The molecule has 0 radical (unpaired) electrons. The largest absolute Gasteiger partial charge is 0.481 e. The highest BCUT2D eigenvalue weighted by Crippen LogP contribution is 2.18. The first kappa shape index (κ1) is 14.7. The molecule has 2 nitrogen and oxygen atoms in total. The van der Waals surface area contributed by atoms with E-state index in [0.717, 1.165) is 12.0 Å². The zero-order valence-corrected chi connectivity index (χ0v) is 11.8. The van der Waals surface area contributed by atoms with Gasteiger partial charge in [-0.2, -0.15) is 0 Å². The van der Waals surface area contributed by atoms with Crippen molar-refractivity contribution in [2.75, 3.05) is 0 Å². The van der Waals surface area contributed by atoms with Crippen LogP contribution in [-0.2, 0) is 17.6 Å². The van der Waals surface area contributed by atoms with Gasteiger partial charge in [0.25, 0.3) is 0 Å². The van der Waals surface area contributed by atoms with Crippen molar-refractivity contribution in [1.82, 2.24) is 0 Å². The van der Waals surface area contributed by atoms with Crippen molar-refractivity contribution in [1.29, 1.82) is 0 Å². The van der Waals surface area contributed by atoms with E-state index in [0.29, 0.717) is 12.3 Å². The Labute approximate surface area is 110 Å². The van der Waals surface area contributed by atoms with Gasteiger partial charge < -0.3 is 5.11 Å². The molecular formula is C16H24O2. The number of carboxylic acids is 1. The van der Waals surface area contributed by atoms with Gasteiger partial charge in [-0.25, -0.2) is 0 Å². The van der Waals surface area contributed by atoms with Crippen LogP contribution in [0.2, 0.25) is 0 Å². The molecule has 0 aliphatic rings. The molecule has 0 aliphatic heterocycles.